The van der Waals surface area contributed by atoms with Crippen LogP contribution in [0.25, 0.3) is 0 Å². The van der Waals surface area contributed by atoms with Gasteiger partial charge in [-0.25, -0.2) is 4.79 Å². The van der Waals surface area contributed by atoms with Gasteiger partial charge in [-0.05, 0) is 6.92 Å². The fourth-order valence-corrected chi connectivity index (χ4v) is 3.18. The van der Waals surface area contributed by atoms with Crippen LogP contribution in [0, 0.1) is 6.92 Å². The molecule has 6 nitrogen and oxygen atoms in total. The Morgan fingerprint density at radius 2 is 1.84 bits per heavy atom. The average Bonchev–Trinajstić information content (AvgIpc) is 2.44. The second kappa shape index (κ2) is 5.84. The number of methoxy groups -OCH3 is 1. The molecular formula is C12H17O6P. The van der Waals surface area contributed by atoms with Crippen LogP contribution in [0.4, 0.5) is 0 Å². The first-order valence-corrected chi connectivity index (χ1v) is 6.99. The number of benzene rings is 1. The highest BCUT2D eigenvalue weighted by atomic mass is 31.2. The van der Waals surface area contributed by atoms with Crippen molar-refractivity contribution in [3.8, 4) is 0 Å². The number of aryl methyl sites for hydroxylation is 1. The lowest BCUT2D eigenvalue weighted by Gasteiger charge is -2.30. The maximum absolute atomic E-state index is 12.5. The zero-order chi connectivity index (χ0) is 14.7. The Balaban J connectivity index is 3.53. The van der Waals surface area contributed by atoms with Gasteiger partial charge in [-0.15, -0.1) is 0 Å². The van der Waals surface area contributed by atoms with Gasteiger partial charge < -0.3 is 18.9 Å². The van der Waals surface area contributed by atoms with Crippen LogP contribution in [0.3, 0.4) is 0 Å². The Kier molecular flexibility index (Phi) is 4.87. The second-order valence-corrected chi connectivity index (χ2v) is 6.27. The van der Waals surface area contributed by atoms with Crippen LogP contribution < -0.4 is 0 Å². The summed E-state index contributed by atoms with van der Waals surface area (Å²) in [6.45, 7) is 1.77. The van der Waals surface area contributed by atoms with Crippen molar-refractivity contribution in [3.63, 3.8) is 0 Å². The van der Waals surface area contributed by atoms with E-state index < -0.39 is 18.9 Å². The molecule has 0 bridgehead atoms. The van der Waals surface area contributed by atoms with E-state index in [9.17, 15) is 14.5 Å². The number of esters is 1. The minimum absolute atomic E-state index is 0.0892. The van der Waals surface area contributed by atoms with Crippen molar-refractivity contribution >= 4 is 13.6 Å². The Morgan fingerprint density at radius 1 is 1.26 bits per heavy atom. The van der Waals surface area contributed by atoms with Gasteiger partial charge >= 0.3 is 13.6 Å². The van der Waals surface area contributed by atoms with Gasteiger partial charge in [-0.3, -0.25) is 4.57 Å². The van der Waals surface area contributed by atoms with Gasteiger partial charge in [0.15, 0.2) is 0 Å². The normalized spacial score (nSPS) is 14.8. The molecule has 0 aliphatic rings. The van der Waals surface area contributed by atoms with Crippen LogP contribution in [0.2, 0.25) is 0 Å². The molecule has 0 aliphatic heterocycles. The second-order valence-electron chi connectivity index (χ2n) is 3.90. The summed E-state index contributed by atoms with van der Waals surface area (Å²) in [5, 5.41) is 8.10. The lowest BCUT2D eigenvalue weighted by Crippen LogP contribution is -2.37. The van der Waals surface area contributed by atoms with Crippen molar-refractivity contribution in [2.24, 2.45) is 0 Å². The van der Waals surface area contributed by atoms with Crippen molar-refractivity contribution < 1.29 is 28.3 Å². The molecule has 0 saturated carbocycles. The highest BCUT2D eigenvalue weighted by Gasteiger charge is 2.58. The summed E-state index contributed by atoms with van der Waals surface area (Å²) < 4.78 is 26.5. The van der Waals surface area contributed by atoms with Gasteiger partial charge in [0.25, 0.3) is 5.34 Å². The predicted molar refractivity (Wildman–Crippen MR) is 68.7 cm³/mol. The average molecular weight is 288 g/mol. The summed E-state index contributed by atoms with van der Waals surface area (Å²) >= 11 is 0. The molecule has 0 spiro atoms. The molecule has 0 unspecified atom stereocenters. The van der Waals surface area contributed by atoms with Gasteiger partial charge in [0.1, 0.15) is 0 Å². The van der Waals surface area contributed by atoms with Crippen LogP contribution in [0.5, 0.6) is 0 Å². The van der Waals surface area contributed by atoms with E-state index in [-0.39, 0.29) is 5.56 Å². The monoisotopic (exact) mass is 288 g/mol. The van der Waals surface area contributed by atoms with E-state index in [0.717, 1.165) is 26.9 Å². The van der Waals surface area contributed by atoms with Gasteiger partial charge in [-0.2, -0.15) is 0 Å². The van der Waals surface area contributed by atoms with Crippen molar-refractivity contribution in [1.82, 2.24) is 0 Å². The molecular weight excluding hydrogens is 271 g/mol. The summed E-state index contributed by atoms with van der Waals surface area (Å²) in [6.07, 6.45) is 0. The molecule has 1 rings (SSSR count). The molecule has 106 valence electrons. The van der Waals surface area contributed by atoms with E-state index in [0.29, 0.717) is 0 Å². The number of hydrogen-bond donors (Lipinski definition) is 1. The predicted octanol–water partition coefficient (Wildman–Crippen LogP) is 1.80. The van der Waals surface area contributed by atoms with Crippen molar-refractivity contribution in [1.29, 1.82) is 0 Å². The van der Waals surface area contributed by atoms with E-state index in [4.69, 9.17) is 9.05 Å². The van der Waals surface area contributed by atoms with Gasteiger partial charge in [0.2, 0.25) is 0 Å². The van der Waals surface area contributed by atoms with Crippen LogP contribution in [0.15, 0.2) is 24.3 Å². The quantitative estimate of drug-likeness (QED) is 0.657. The number of ether oxygens (including phenoxy) is 1. The zero-order valence-corrected chi connectivity index (χ0v) is 12.1. The molecule has 0 heterocycles. The third kappa shape index (κ3) is 2.58. The molecule has 0 saturated heterocycles. The minimum Gasteiger partial charge on any atom is -0.466 e. The highest BCUT2D eigenvalue weighted by Crippen LogP contribution is 2.63. The molecule has 1 aromatic rings. The molecule has 0 aromatic heterocycles. The zero-order valence-electron chi connectivity index (χ0n) is 11.2. The van der Waals surface area contributed by atoms with Crippen molar-refractivity contribution in [3.05, 3.63) is 35.4 Å². The SMILES string of the molecule is COC(=O)[C@](O)(c1cccc(C)c1)P(=O)(OC)OC. The topological polar surface area (TPSA) is 82.1 Å². The largest absolute Gasteiger partial charge is 0.466 e. The summed E-state index contributed by atoms with van der Waals surface area (Å²) in [7, 11) is -0.872. The van der Waals surface area contributed by atoms with Crippen molar-refractivity contribution in [2.45, 2.75) is 12.3 Å². The fraction of sp³-hybridized carbons (Fsp3) is 0.417. The Morgan fingerprint density at radius 3 is 2.26 bits per heavy atom. The molecule has 1 aromatic carbocycles. The summed E-state index contributed by atoms with van der Waals surface area (Å²) in [4.78, 5) is 11.9. The fourth-order valence-electron chi connectivity index (χ4n) is 1.73. The first kappa shape index (κ1) is 15.9. The first-order chi connectivity index (χ1) is 8.85. The number of carbonyl (C=O) groups is 1. The van der Waals surface area contributed by atoms with Crippen LogP contribution in [-0.4, -0.2) is 32.4 Å². The summed E-state index contributed by atoms with van der Waals surface area (Å²) in [5.74, 6) is -1.11. The molecule has 19 heavy (non-hydrogen) atoms. The number of hydrogen-bond acceptors (Lipinski definition) is 6. The van der Waals surface area contributed by atoms with Gasteiger partial charge in [-0.1, -0.05) is 29.8 Å². The number of rotatable bonds is 5. The van der Waals surface area contributed by atoms with Gasteiger partial charge in [0, 0.05) is 19.8 Å². The Labute approximate surface area is 111 Å². The molecule has 0 radical (unpaired) electrons. The van der Waals surface area contributed by atoms with Crippen molar-refractivity contribution in [2.75, 3.05) is 21.3 Å². The molecule has 0 aliphatic carbocycles. The third-order valence-corrected chi connectivity index (χ3v) is 4.96. The van der Waals surface area contributed by atoms with Gasteiger partial charge in [0.05, 0.1) is 7.11 Å². The molecule has 1 N–H and O–H groups in total. The highest BCUT2D eigenvalue weighted by molar-refractivity contribution is 7.56. The summed E-state index contributed by atoms with van der Waals surface area (Å²) in [5.41, 5.74) is 0.866. The Bertz CT molecular complexity index is 507. The lowest BCUT2D eigenvalue weighted by atomic mass is 10.1. The maximum atomic E-state index is 12.5. The van der Waals surface area contributed by atoms with Crippen LogP contribution >= 0.6 is 7.60 Å². The lowest BCUT2D eigenvalue weighted by molar-refractivity contribution is -0.156. The Hall–Kier alpha value is -1.20. The van der Waals surface area contributed by atoms with E-state index in [1.54, 1.807) is 19.1 Å². The minimum atomic E-state index is -4.14. The maximum Gasteiger partial charge on any atom is 0.377 e. The summed E-state index contributed by atoms with van der Waals surface area (Å²) in [6, 6.07) is 6.36. The molecule has 0 fully saturated rings. The third-order valence-electron chi connectivity index (χ3n) is 2.77. The molecule has 1 atom stereocenters. The van der Waals surface area contributed by atoms with E-state index in [1.165, 1.54) is 12.1 Å². The van der Waals surface area contributed by atoms with Crippen LogP contribution in [-0.2, 0) is 28.5 Å². The number of carbonyl (C=O) groups excluding carboxylic acids is 1. The smallest absolute Gasteiger partial charge is 0.377 e. The number of aliphatic hydroxyl groups is 1. The van der Waals surface area contributed by atoms with E-state index in [1.807, 2.05) is 0 Å². The van der Waals surface area contributed by atoms with E-state index >= 15 is 0 Å². The van der Waals surface area contributed by atoms with E-state index in [2.05, 4.69) is 4.74 Å². The molecule has 7 heteroatoms. The molecule has 0 amide bonds. The van der Waals surface area contributed by atoms with Crippen LogP contribution in [0.1, 0.15) is 11.1 Å². The first-order valence-electron chi connectivity index (χ1n) is 5.45. The standard InChI is InChI=1S/C12H17O6P/c1-9-6-5-7-10(8-9)12(14,11(13)16-2)19(15,17-3)18-4/h5-8,14H,1-4H3/t12-/m0/s1.